The number of nitrogens with zero attached hydrogens (tertiary/aromatic N) is 1. The third-order valence-electron chi connectivity index (χ3n) is 3.52. The second-order valence-corrected chi connectivity index (χ2v) is 5.23. The van der Waals surface area contributed by atoms with Gasteiger partial charge in [0, 0.05) is 22.2 Å². The van der Waals surface area contributed by atoms with Crippen LogP contribution in [0.1, 0.15) is 17.2 Å². The van der Waals surface area contributed by atoms with Crippen molar-refractivity contribution in [3.8, 4) is 0 Å². The van der Waals surface area contributed by atoms with Crippen LogP contribution in [0.25, 0.3) is 10.9 Å². The minimum atomic E-state index is -0.337. The van der Waals surface area contributed by atoms with Gasteiger partial charge in [-0.25, -0.2) is 4.39 Å². The lowest BCUT2D eigenvalue weighted by Crippen LogP contribution is -2.19. The van der Waals surface area contributed by atoms with Crippen LogP contribution in [0.15, 0.2) is 54.7 Å². The summed E-state index contributed by atoms with van der Waals surface area (Å²) in [7, 11) is 1.78. The number of aromatic nitrogens is 1. The summed E-state index contributed by atoms with van der Waals surface area (Å²) in [5, 5.41) is 4.54. The van der Waals surface area contributed by atoms with E-state index in [-0.39, 0.29) is 11.9 Å². The number of pyridine rings is 1. The van der Waals surface area contributed by atoms with Crippen LogP contribution < -0.4 is 5.32 Å². The van der Waals surface area contributed by atoms with Gasteiger partial charge in [0.1, 0.15) is 5.82 Å². The van der Waals surface area contributed by atoms with E-state index in [4.69, 9.17) is 11.6 Å². The number of halogens is 2. The molecule has 0 radical (unpaired) electrons. The first-order valence-corrected chi connectivity index (χ1v) is 7.04. The lowest BCUT2D eigenvalue weighted by Gasteiger charge is -2.19. The number of rotatable bonds is 3. The van der Waals surface area contributed by atoms with Crippen molar-refractivity contribution in [3.05, 3.63) is 76.7 Å². The van der Waals surface area contributed by atoms with Gasteiger partial charge in [0.2, 0.25) is 0 Å². The Morgan fingerprint density at radius 1 is 1.14 bits per heavy atom. The molecule has 1 heterocycles. The van der Waals surface area contributed by atoms with Gasteiger partial charge in [-0.2, -0.15) is 0 Å². The van der Waals surface area contributed by atoms with Crippen molar-refractivity contribution < 1.29 is 4.39 Å². The lowest BCUT2D eigenvalue weighted by molar-refractivity contribution is 0.576. The van der Waals surface area contributed by atoms with E-state index in [1.165, 1.54) is 6.07 Å². The maximum Gasteiger partial charge on any atom is 0.129 e. The van der Waals surface area contributed by atoms with Crippen molar-refractivity contribution in [2.75, 3.05) is 7.05 Å². The predicted molar refractivity (Wildman–Crippen MR) is 84.1 cm³/mol. The minimum Gasteiger partial charge on any atom is -0.309 e. The zero-order valence-electron chi connectivity index (χ0n) is 11.5. The standard InChI is InChI=1S/C17H14ClFN2/c1-20-17(16-13(18)6-4-7-14(16)19)12-9-11-5-2-3-8-15(11)21-10-12/h2-10,17,20H,1H3. The Bertz CT molecular complexity index is 768. The molecule has 1 N–H and O–H groups in total. The smallest absolute Gasteiger partial charge is 0.129 e. The SMILES string of the molecule is CNC(c1cnc2ccccc2c1)c1c(F)cccc1Cl. The van der Waals surface area contributed by atoms with E-state index in [2.05, 4.69) is 10.3 Å². The zero-order valence-corrected chi connectivity index (χ0v) is 12.2. The maximum absolute atomic E-state index is 14.1. The Kier molecular flexibility index (Phi) is 3.86. The molecule has 0 fully saturated rings. The number of hydrogen-bond acceptors (Lipinski definition) is 2. The highest BCUT2D eigenvalue weighted by atomic mass is 35.5. The van der Waals surface area contributed by atoms with Crippen LogP contribution in [0.4, 0.5) is 4.39 Å². The van der Waals surface area contributed by atoms with Crippen LogP contribution in [0, 0.1) is 5.82 Å². The fraction of sp³-hybridized carbons (Fsp3) is 0.118. The third kappa shape index (κ3) is 2.62. The average Bonchev–Trinajstić information content (AvgIpc) is 2.50. The monoisotopic (exact) mass is 300 g/mol. The second kappa shape index (κ2) is 5.80. The number of nitrogens with one attached hydrogen (secondary N) is 1. The molecule has 0 spiro atoms. The van der Waals surface area contributed by atoms with Crippen LogP contribution >= 0.6 is 11.6 Å². The number of fused-ring (bicyclic) bond motifs is 1. The second-order valence-electron chi connectivity index (χ2n) is 4.82. The van der Waals surface area contributed by atoms with Crippen LogP contribution in [-0.4, -0.2) is 12.0 Å². The summed E-state index contributed by atoms with van der Waals surface area (Å²) in [5.41, 5.74) is 2.23. The Hall–Kier alpha value is -1.97. The molecule has 0 saturated heterocycles. The topological polar surface area (TPSA) is 24.9 Å². The Balaban J connectivity index is 2.14. The molecule has 3 rings (SSSR count). The fourth-order valence-corrected chi connectivity index (χ4v) is 2.78. The van der Waals surface area contributed by atoms with Crippen LogP contribution in [0.5, 0.6) is 0 Å². The van der Waals surface area contributed by atoms with Gasteiger partial charge in [-0.1, -0.05) is 35.9 Å². The van der Waals surface area contributed by atoms with Crippen LogP contribution in [0.2, 0.25) is 5.02 Å². The van der Waals surface area contributed by atoms with E-state index < -0.39 is 0 Å². The molecule has 1 unspecified atom stereocenters. The first-order valence-electron chi connectivity index (χ1n) is 6.66. The molecular formula is C17H14ClFN2. The van der Waals surface area contributed by atoms with Crippen LogP contribution in [-0.2, 0) is 0 Å². The van der Waals surface area contributed by atoms with Crippen molar-refractivity contribution in [3.63, 3.8) is 0 Å². The van der Waals surface area contributed by atoms with E-state index in [0.717, 1.165) is 16.5 Å². The molecule has 0 aliphatic heterocycles. The molecule has 3 aromatic rings. The summed E-state index contributed by atoms with van der Waals surface area (Å²) in [6, 6.07) is 14.2. The Morgan fingerprint density at radius 2 is 1.95 bits per heavy atom. The highest BCUT2D eigenvalue weighted by molar-refractivity contribution is 6.31. The third-order valence-corrected chi connectivity index (χ3v) is 3.85. The molecule has 4 heteroatoms. The molecule has 1 aromatic heterocycles. The molecular weight excluding hydrogens is 287 g/mol. The number of para-hydroxylation sites is 1. The molecule has 1 atom stereocenters. The number of benzene rings is 2. The lowest BCUT2D eigenvalue weighted by atomic mass is 9.98. The molecule has 2 aromatic carbocycles. The summed E-state index contributed by atoms with van der Waals surface area (Å²) >= 11 is 6.17. The maximum atomic E-state index is 14.1. The van der Waals surface area contributed by atoms with Crippen molar-refractivity contribution >= 4 is 22.5 Å². The molecule has 2 nitrogen and oxygen atoms in total. The van der Waals surface area contributed by atoms with Gasteiger partial charge >= 0.3 is 0 Å². The average molecular weight is 301 g/mol. The van der Waals surface area contributed by atoms with Gasteiger partial charge in [-0.3, -0.25) is 4.98 Å². The minimum absolute atomic E-state index is 0.324. The first-order chi connectivity index (χ1) is 10.2. The molecule has 0 saturated carbocycles. The summed E-state index contributed by atoms with van der Waals surface area (Å²) in [5.74, 6) is -0.324. The van der Waals surface area contributed by atoms with Gasteiger partial charge in [0.15, 0.2) is 0 Å². The van der Waals surface area contributed by atoms with Gasteiger partial charge in [0.25, 0.3) is 0 Å². The Labute approximate surface area is 127 Å². The summed E-state index contributed by atoms with van der Waals surface area (Å²) in [4.78, 5) is 4.43. The summed E-state index contributed by atoms with van der Waals surface area (Å²) in [6.45, 7) is 0. The molecule has 0 amide bonds. The van der Waals surface area contributed by atoms with E-state index in [9.17, 15) is 4.39 Å². The van der Waals surface area contributed by atoms with Crippen molar-refractivity contribution in [2.45, 2.75) is 6.04 Å². The highest BCUT2D eigenvalue weighted by Crippen LogP contribution is 2.31. The van der Waals surface area contributed by atoms with Crippen molar-refractivity contribution in [1.29, 1.82) is 0 Å². The molecule has 0 aliphatic rings. The summed E-state index contributed by atoms with van der Waals surface area (Å²) in [6.07, 6.45) is 1.76. The largest absolute Gasteiger partial charge is 0.309 e. The van der Waals surface area contributed by atoms with E-state index >= 15 is 0 Å². The van der Waals surface area contributed by atoms with Gasteiger partial charge < -0.3 is 5.32 Å². The van der Waals surface area contributed by atoms with Gasteiger partial charge in [0.05, 0.1) is 11.6 Å². The predicted octanol–water partition coefficient (Wildman–Crippen LogP) is 4.34. The van der Waals surface area contributed by atoms with Gasteiger partial charge in [-0.05, 0) is 36.9 Å². The first kappa shape index (κ1) is 14.0. The molecule has 106 valence electrons. The van der Waals surface area contributed by atoms with Crippen LogP contribution in [0.3, 0.4) is 0 Å². The molecule has 21 heavy (non-hydrogen) atoms. The molecule has 0 bridgehead atoms. The van der Waals surface area contributed by atoms with E-state index in [0.29, 0.717) is 10.6 Å². The highest BCUT2D eigenvalue weighted by Gasteiger charge is 2.19. The van der Waals surface area contributed by atoms with E-state index in [1.54, 1.807) is 25.4 Å². The van der Waals surface area contributed by atoms with E-state index in [1.807, 2.05) is 30.3 Å². The fourth-order valence-electron chi connectivity index (χ4n) is 2.51. The normalized spacial score (nSPS) is 12.5. The van der Waals surface area contributed by atoms with Crippen molar-refractivity contribution in [2.24, 2.45) is 0 Å². The summed E-state index contributed by atoms with van der Waals surface area (Å²) < 4.78 is 14.1. The van der Waals surface area contributed by atoms with Gasteiger partial charge in [-0.15, -0.1) is 0 Å². The quantitative estimate of drug-likeness (QED) is 0.778. The van der Waals surface area contributed by atoms with Crippen molar-refractivity contribution in [1.82, 2.24) is 10.3 Å². The number of hydrogen-bond donors (Lipinski definition) is 1. The zero-order chi connectivity index (χ0) is 14.8. The Morgan fingerprint density at radius 3 is 2.71 bits per heavy atom. The molecule has 0 aliphatic carbocycles.